The molecule has 7 heteroatoms. The number of benzene rings is 2. The third-order valence-corrected chi connectivity index (χ3v) is 4.37. The van der Waals surface area contributed by atoms with Crippen molar-refractivity contribution >= 4 is 29.3 Å². The van der Waals surface area contributed by atoms with Gasteiger partial charge in [0.05, 0.1) is 22.4 Å². The first-order chi connectivity index (χ1) is 13.7. The molecule has 0 spiro atoms. The van der Waals surface area contributed by atoms with Crippen molar-refractivity contribution in [2.45, 2.75) is 32.7 Å². The number of anilines is 1. The molecule has 3 rings (SSSR count). The molecule has 150 valence electrons. The molecule has 29 heavy (non-hydrogen) atoms. The Morgan fingerprint density at radius 1 is 0.897 bits per heavy atom. The number of carbonyl (C=O) groups excluding carboxylic acids is 4. The van der Waals surface area contributed by atoms with Crippen LogP contribution in [0.25, 0.3) is 0 Å². The van der Waals surface area contributed by atoms with Gasteiger partial charge in [0.15, 0.2) is 0 Å². The Kier molecular flexibility index (Phi) is 5.50. The fourth-order valence-electron chi connectivity index (χ4n) is 3.07. The molecule has 0 saturated carbocycles. The number of para-hydroxylation sites is 1. The van der Waals surface area contributed by atoms with Gasteiger partial charge in [-0.1, -0.05) is 24.3 Å². The molecular formula is C22H23N3O4. The van der Waals surface area contributed by atoms with Crippen LogP contribution >= 0.6 is 0 Å². The van der Waals surface area contributed by atoms with Gasteiger partial charge in [-0.05, 0) is 45.0 Å². The molecule has 0 aromatic heterocycles. The quantitative estimate of drug-likeness (QED) is 0.764. The lowest BCUT2D eigenvalue weighted by molar-refractivity contribution is -0.116. The Morgan fingerprint density at radius 2 is 1.45 bits per heavy atom. The lowest BCUT2D eigenvalue weighted by atomic mass is 10.1. The summed E-state index contributed by atoms with van der Waals surface area (Å²) in [4.78, 5) is 50.7. The average Bonchev–Trinajstić information content (AvgIpc) is 2.90. The Bertz CT molecular complexity index is 957. The van der Waals surface area contributed by atoms with Crippen molar-refractivity contribution in [3.05, 3.63) is 65.2 Å². The first kappa shape index (κ1) is 20.3. The smallest absolute Gasteiger partial charge is 0.261 e. The summed E-state index contributed by atoms with van der Waals surface area (Å²) in [5.41, 5.74) is 1.00. The largest absolute Gasteiger partial charge is 0.347 e. The molecule has 0 radical (unpaired) electrons. The molecule has 0 bridgehead atoms. The predicted molar refractivity (Wildman–Crippen MR) is 109 cm³/mol. The van der Waals surface area contributed by atoms with Crippen LogP contribution in [-0.4, -0.2) is 40.6 Å². The molecule has 2 aromatic carbocycles. The summed E-state index contributed by atoms with van der Waals surface area (Å²) in [5, 5.41) is 5.56. The van der Waals surface area contributed by atoms with E-state index in [1.165, 1.54) is 0 Å². The summed E-state index contributed by atoms with van der Waals surface area (Å²) < 4.78 is 0. The third-order valence-electron chi connectivity index (χ3n) is 4.37. The molecule has 7 nitrogen and oxygen atoms in total. The Balaban J connectivity index is 1.65. The maximum atomic E-state index is 12.5. The van der Waals surface area contributed by atoms with Gasteiger partial charge in [-0.2, -0.15) is 0 Å². The predicted octanol–water partition coefficient (Wildman–Crippen LogP) is 2.84. The highest BCUT2D eigenvalue weighted by Crippen LogP contribution is 2.23. The molecule has 4 amide bonds. The van der Waals surface area contributed by atoms with Crippen LogP contribution in [0.15, 0.2) is 48.5 Å². The molecule has 0 saturated heterocycles. The van der Waals surface area contributed by atoms with Crippen LogP contribution in [0.1, 0.15) is 58.3 Å². The van der Waals surface area contributed by atoms with Crippen molar-refractivity contribution in [1.82, 2.24) is 10.2 Å². The molecule has 0 unspecified atom stereocenters. The van der Waals surface area contributed by atoms with E-state index in [9.17, 15) is 19.2 Å². The highest BCUT2D eigenvalue weighted by Gasteiger charge is 2.35. The number of fused-ring (bicyclic) bond motifs is 1. The average molecular weight is 393 g/mol. The van der Waals surface area contributed by atoms with Crippen molar-refractivity contribution in [3.8, 4) is 0 Å². The Hall–Kier alpha value is -3.48. The number of nitrogens with zero attached hydrogens (tertiary/aromatic N) is 1. The standard InChI is InChI=1S/C22H23N3O4/c1-22(2,3)24-19(27)16-10-6-7-11-17(16)23-18(26)12-13-25-20(28)14-8-4-5-9-15(14)21(25)29/h4-11H,12-13H2,1-3H3,(H,23,26)(H,24,27). The van der Waals surface area contributed by atoms with Crippen molar-refractivity contribution in [1.29, 1.82) is 0 Å². The molecule has 0 atom stereocenters. The van der Waals surface area contributed by atoms with Gasteiger partial charge in [0.2, 0.25) is 5.91 Å². The SMILES string of the molecule is CC(C)(C)NC(=O)c1ccccc1NC(=O)CCN1C(=O)c2ccccc2C1=O. The van der Waals surface area contributed by atoms with Crippen LogP contribution in [0.5, 0.6) is 0 Å². The topological polar surface area (TPSA) is 95.6 Å². The zero-order valence-electron chi connectivity index (χ0n) is 16.6. The summed E-state index contributed by atoms with van der Waals surface area (Å²) in [5.74, 6) is -1.49. The molecule has 0 aliphatic carbocycles. The Labute approximate surface area is 169 Å². The number of amides is 4. The lowest BCUT2D eigenvalue weighted by Crippen LogP contribution is -2.41. The number of rotatable bonds is 5. The summed E-state index contributed by atoms with van der Waals surface area (Å²) in [6, 6.07) is 13.3. The maximum Gasteiger partial charge on any atom is 0.261 e. The minimum absolute atomic E-state index is 0.0332. The van der Waals surface area contributed by atoms with E-state index in [0.29, 0.717) is 22.4 Å². The number of hydrogen-bond donors (Lipinski definition) is 2. The van der Waals surface area contributed by atoms with Gasteiger partial charge < -0.3 is 10.6 Å². The van der Waals surface area contributed by atoms with E-state index in [4.69, 9.17) is 0 Å². The van der Waals surface area contributed by atoms with Gasteiger partial charge in [-0.3, -0.25) is 24.1 Å². The van der Waals surface area contributed by atoms with Crippen LogP contribution in [0.2, 0.25) is 0 Å². The van der Waals surface area contributed by atoms with Crippen LogP contribution in [0.3, 0.4) is 0 Å². The molecule has 1 aliphatic rings. The van der Waals surface area contributed by atoms with Crippen molar-refractivity contribution in [2.24, 2.45) is 0 Å². The minimum atomic E-state index is -0.417. The summed E-state index contributed by atoms with van der Waals surface area (Å²) in [6.07, 6.45) is -0.0688. The van der Waals surface area contributed by atoms with E-state index in [2.05, 4.69) is 10.6 Å². The maximum absolute atomic E-state index is 12.5. The zero-order valence-corrected chi connectivity index (χ0v) is 16.6. The van der Waals surface area contributed by atoms with Gasteiger partial charge in [0, 0.05) is 18.5 Å². The van der Waals surface area contributed by atoms with Gasteiger partial charge in [-0.15, -0.1) is 0 Å². The molecule has 1 heterocycles. The number of carbonyl (C=O) groups is 4. The molecule has 0 fully saturated rings. The highest BCUT2D eigenvalue weighted by atomic mass is 16.2. The second kappa shape index (κ2) is 7.87. The van der Waals surface area contributed by atoms with Crippen molar-refractivity contribution in [3.63, 3.8) is 0 Å². The second-order valence-corrected chi connectivity index (χ2v) is 7.86. The van der Waals surface area contributed by atoms with Crippen LogP contribution < -0.4 is 10.6 Å². The Morgan fingerprint density at radius 3 is 2.03 bits per heavy atom. The molecule has 2 aromatic rings. The van der Waals surface area contributed by atoms with E-state index in [1.54, 1.807) is 48.5 Å². The highest BCUT2D eigenvalue weighted by molar-refractivity contribution is 6.21. The van der Waals surface area contributed by atoms with Gasteiger partial charge in [-0.25, -0.2) is 0 Å². The van der Waals surface area contributed by atoms with Crippen LogP contribution in [0.4, 0.5) is 5.69 Å². The first-order valence-electron chi connectivity index (χ1n) is 9.34. The van der Waals surface area contributed by atoms with E-state index >= 15 is 0 Å². The van der Waals surface area contributed by atoms with Gasteiger partial charge >= 0.3 is 0 Å². The van der Waals surface area contributed by atoms with Gasteiger partial charge in [0.25, 0.3) is 17.7 Å². The van der Waals surface area contributed by atoms with Gasteiger partial charge in [0.1, 0.15) is 0 Å². The van der Waals surface area contributed by atoms with E-state index in [-0.39, 0.29) is 18.9 Å². The van der Waals surface area contributed by atoms with Crippen LogP contribution in [-0.2, 0) is 4.79 Å². The molecule has 2 N–H and O–H groups in total. The zero-order chi connectivity index (χ0) is 21.2. The number of nitrogens with one attached hydrogen (secondary N) is 2. The summed E-state index contributed by atoms with van der Waals surface area (Å²) in [7, 11) is 0. The van der Waals surface area contributed by atoms with Crippen LogP contribution in [0, 0.1) is 0 Å². The minimum Gasteiger partial charge on any atom is -0.347 e. The van der Waals surface area contributed by atoms with Crippen molar-refractivity contribution < 1.29 is 19.2 Å². The fourth-order valence-corrected chi connectivity index (χ4v) is 3.07. The second-order valence-electron chi connectivity index (χ2n) is 7.86. The monoisotopic (exact) mass is 393 g/mol. The third kappa shape index (κ3) is 4.51. The lowest BCUT2D eigenvalue weighted by Gasteiger charge is -2.21. The van der Waals surface area contributed by atoms with E-state index < -0.39 is 23.3 Å². The molecule has 1 aliphatic heterocycles. The normalized spacial score (nSPS) is 13.3. The first-order valence-corrected chi connectivity index (χ1v) is 9.34. The fraction of sp³-hybridized carbons (Fsp3) is 0.273. The van der Waals surface area contributed by atoms with E-state index in [0.717, 1.165) is 4.90 Å². The molecular weight excluding hydrogens is 370 g/mol. The number of hydrogen-bond acceptors (Lipinski definition) is 4. The summed E-state index contributed by atoms with van der Waals surface area (Å²) in [6.45, 7) is 5.57. The van der Waals surface area contributed by atoms with Crippen molar-refractivity contribution in [2.75, 3.05) is 11.9 Å². The summed E-state index contributed by atoms with van der Waals surface area (Å²) >= 11 is 0. The number of imide groups is 1. The van der Waals surface area contributed by atoms with E-state index in [1.807, 2.05) is 20.8 Å².